The fourth-order valence-electron chi connectivity index (χ4n) is 3.01. The molecule has 1 aliphatic rings. The van der Waals surface area contributed by atoms with Crippen LogP contribution in [0, 0.1) is 0 Å². The van der Waals surface area contributed by atoms with Gasteiger partial charge in [0, 0.05) is 49.7 Å². The van der Waals surface area contributed by atoms with E-state index in [1.165, 1.54) is 0 Å². The van der Waals surface area contributed by atoms with Gasteiger partial charge in [0.25, 0.3) is 0 Å². The molecule has 0 spiro atoms. The smallest absolute Gasteiger partial charge is 0.307 e. The van der Waals surface area contributed by atoms with Crippen molar-refractivity contribution in [1.82, 2.24) is 24.5 Å². The number of rotatable bonds is 2. The molecule has 5 nitrogen and oxygen atoms in total. The fraction of sp³-hybridized carbons (Fsp3) is 0.333. The molecule has 4 heterocycles. The van der Waals surface area contributed by atoms with Crippen LogP contribution in [0.1, 0.15) is 22.6 Å². The molecule has 1 aliphatic heterocycles. The molecule has 0 radical (unpaired) electrons. The highest BCUT2D eigenvalue weighted by atomic mass is 19.4. The largest absolute Gasteiger partial charge is 0.435 e. The Morgan fingerprint density at radius 2 is 2.13 bits per heavy atom. The number of hydrogen-bond donors (Lipinski definition) is 1. The first-order valence-electron chi connectivity index (χ1n) is 7.29. The third kappa shape index (κ3) is 2.59. The number of fused-ring (bicyclic) bond motifs is 2. The highest BCUT2D eigenvalue weighted by molar-refractivity contribution is 5.39. The molecule has 0 bridgehead atoms. The van der Waals surface area contributed by atoms with Gasteiger partial charge in [-0.3, -0.25) is 10.00 Å². The van der Waals surface area contributed by atoms with E-state index < -0.39 is 11.9 Å². The Morgan fingerprint density at radius 3 is 2.91 bits per heavy atom. The van der Waals surface area contributed by atoms with Crippen LogP contribution in [0.25, 0.3) is 5.65 Å². The van der Waals surface area contributed by atoms with Gasteiger partial charge in [0.2, 0.25) is 0 Å². The second-order valence-electron chi connectivity index (χ2n) is 5.69. The molecule has 0 fully saturated rings. The fourth-order valence-corrected chi connectivity index (χ4v) is 3.01. The van der Waals surface area contributed by atoms with Crippen LogP contribution in [0.15, 0.2) is 30.6 Å². The lowest BCUT2D eigenvalue weighted by atomic mass is 10.0. The predicted molar refractivity (Wildman–Crippen MR) is 76.6 cm³/mol. The van der Waals surface area contributed by atoms with E-state index in [1.807, 2.05) is 39.9 Å². The molecule has 4 rings (SSSR count). The number of hydrogen-bond acceptors (Lipinski definition) is 3. The first-order valence-corrected chi connectivity index (χ1v) is 7.29. The summed E-state index contributed by atoms with van der Waals surface area (Å²) >= 11 is 0. The zero-order valence-corrected chi connectivity index (χ0v) is 12.1. The summed E-state index contributed by atoms with van der Waals surface area (Å²) in [6.07, 6.45) is -0.0785. The Balaban J connectivity index is 1.57. The van der Waals surface area contributed by atoms with Gasteiger partial charge in [-0.25, -0.2) is 4.98 Å². The van der Waals surface area contributed by atoms with E-state index in [4.69, 9.17) is 0 Å². The maximum atomic E-state index is 13.0. The van der Waals surface area contributed by atoms with Crippen molar-refractivity contribution in [3.05, 3.63) is 53.2 Å². The first kappa shape index (κ1) is 14.3. The summed E-state index contributed by atoms with van der Waals surface area (Å²) < 4.78 is 40.9. The van der Waals surface area contributed by atoms with Crippen LogP contribution in [-0.4, -0.2) is 31.0 Å². The zero-order chi connectivity index (χ0) is 16.0. The summed E-state index contributed by atoms with van der Waals surface area (Å²) in [7, 11) is 0. The van der Waals surface area contributed by atoms with Crippen molar-refractivity contribution in [2.45, 2.75) is 25.7 Å². The van der Waals surface area contributed by atoms with E-state index in [1.54, 1.807) is 0 Å². The molecule has 3 aromatic rings. The van der Waals surface area contributed by atoms with Crippen LogP contribution in [0.4, 0.5) is 13.2 Å². The summed E-state index contributed by atoms with van der Waals surface area (Å²) in [5, 5.41) is 5.97. The Hall–Kier alpha value is -2.35. The van der Waals surface area contributed by atoms with E-state index in [0.29, 0.717) is 25.2 Å². The Morgan fingerprint density at radius 1 is 1.26 bits per heavy atom. The summed E-state index contributed by atoms with van der Waals surface area (Å²) in [6, 6.07) is 5.71. The van der Waals surface area contributed by atoms with Crippen LogP contribution in [0.2, 0.25) is 0 Å². The van der Waals surface area contributed by atoms with E-state index >= 15 is 0 Å². The highest BCUT2D eigenvalue weighted by Crippen LogP contribution is 2.34. The maximum Gasteiger partial charge on any atom is 0.435 e. The summed E-state index contributed by atoms with van der Waals surface area (Å²) in [5.41, 5.74) is 1.72. The molecular formula is C15H14F3N5. The lowest BCUT2D eigenvalue weighted by Gasteiger charge is -2.26. The van der Waals surface area contributed by atoms with Gasteiger partial charge < -0.3 is 4.40 Å². The zero-order valence-electron chi connectivity index (χ0n) is 12.1. The number of aromatic nitrogens is 4. The second-order valence-corrected chi connectivity index (χ2v) is 5.69. The molecule has 8 heteroatoms. The average Bonchev–Trinajstić information content (AvgIpc) is 3.09. The van der Waals surface area contributed by atoms with Gasteiger partial charge in [0.05, 0.1) is 5.69 Å². The van der Waals surface area contributed by atoms with Crippen molar-refractivity contribution in [2.24, 2.45) is 0 Å². The van der Waals surface area contributed by atoms with Crippen LogP contribution < -0.4 is 0 Å². The molecule has 0 aromatic carbocycles. The van der Waals surface area contributed by atoms with Crippen molar-refractivity contribution in [3.63, 3.8) is 0 Å². The number of pyridine rings is 1. The SMILES string of the molecule is FC(F)(F)c1n[nH]c2c1CN(Cc1cn3ccccc3n1)CC2. The van der Waals surface area contributed by atoms with E-state index in [9.17, 15) is 13.2 Å². The first-order chi connectivity index (χ1) is 11.0. The van der Waals surface area contributed by atoms with Crippen LogP contribution in [0.5, 0.6) is 0 Å². The van der Waals surface area contributed by atoms with Gasteiger partial charge in [0.1, 0.15) is 5.65 Å². The number of aromatic amines is 1. The van der Waals surface area contributed by atoms with Crippen molar-refractivity contribution in [3.8, 4) is 0 Å². The number of imidazole rings is 1. The molecule has 0 amide bonds. The third-order valence-electron chi connectivity index (χ3n) is 4.08. The average molecular weight is 321 g/mol. The van der Waals surface area contributed by atoms with Crippen LogP contribution >= 0.6 is 0 Å². The summed E-state index contributed by atoms with van der Waals surface area (Å²) in [4.78, 5) is 6.46. The number of nitrogens with zero attached hydrogens (tertiary/aromatic N) is 4. The minimum atomic E-state index is -4.42. The Labute approximate surface area is 129 Å². The monoisotopic (exact) mass is 321 g/mol. The van der Waals surface area contributed by atoms with Crippen molar-refractivity contribution < 1.29 is 13.2 Å². The highest BCUT2D eigenvalue weighted by Gasteiger charge is 2.39. The normalized spacial score (nSPS) is 16.0. The van der Waals surface area contributed by atoms with Gasteiger partial charge in [-0.05, 0) is 12.1 Å². The molecule has 0 atom stereocenters. The van der Waals surface area contributed by atoms with Crippen molar-refractivity contribution in [1.29, 1.82) is 0 Å². The molecular weight excluding hydrogens is 307 g/mol. The lowest BCUT2D eigenvalue weighted by Crippen LogP contribution is -2.31. The van der Waals surface area contributed by atoms with Gasteiger partial charge in [-0.2, -0.15) is 18.3 Å². The van der Waals surface area contributed by atoms with E-state index in [-0.39, 0.29) is 12.1 Å². The van der Waals surface area contributed by atoms with Crippen LogP contribution in [0.3, 0.4) is 0 Å². The molecule has 0 saturated carbocycles. The number of H-pyrrole nitrogens is 1. The molecule has 0 unspecified atom stereocenters. The molecule has 0 saturated heterocycles. The molecule has 0 aliphatic carbocycles. The Bertz CT molecular complexity index is 815. The standard InChI is InChI=1S/C15H14F3N5/c16-15(17,18)14-11-9-22(6-4-12(11)20-21-14)7-10-8-23-5-2-1-3-13(23)19-10/h1-3,5,8H,4,6-7,9H2,(H,20,21). The Kier molecular flexibility index (Phi) is 3.15. The lowest BCUT2D eigenvalue weighted by molar-refractivity contribution is -0.142. The second kappa shape index (κ2) is 5.09. The summed E-state index contributed by atoms with van der Waals surface area (Å²) in [5.74, 6) is 0. The minimum absolute atomic E-state index is 0.231. The van der Waals surface area contributed by atoms with Crippen molar-refractivity contribution >= 4 is 5.65 Å². The summed E-state index contributed by atoms with van der Waals surface area (Å²) in [6.45, 7) is 1.43. The quantitative estimate of drug-likeness (QED) is 0.789. The van der Waals surface area contributed by atoms with Gasteiger partial charge in [-0.1, -0.05) is 6.07 Å². The number of halogens is 3. The van der Waals surface area contributed by atoms with Gasteiger partial charge >= 0.3 is 6.18 Å². The number of nitrogens with one attached hydrogen (secondary N) is 1. The van der Waals surface area contributed by atoms with E-state index in [2.05, 4.69) is 15.2 Å². The van der Waals surface area contributed by atoms with Gasteiger partial charge in [-0.15, -0.1) is 0 Å². The number of alkyl halides is 3. The molecule has 23 heavy (non-hydrogen) atoms. The molecule has 3 aromatic heterocycles. The van der Waals surface area contributed by atoms with Gasteiger partial charge in [0.15, 0.2) is 5.69 Å². The van der Waals surface area contributed by atoms with E-state index in [0.717, 1.165) is 11.3 Å². The molecule has 1 N–H and O–H groups in total. The minimum Gasteiger partial charge on any atom is -0.307 e. The third-order valence-corrected chi connectivity index (χ3v) is 4.08. The topological polar surface area (TPSA) is 49.2 Å². The maximum absolute atomic E-state index is 13.0. The van der Waals surface area contributed by atoms with Crippen LogP contribution in [-0.2, 0) is 25.7 Å². The molecule has 120 valence electrons. The predicted octanol–water partition coefficient (Wildman–Crippen LogP) is 2.63. The van der Waals surface area contributed by atoms with Crippen molar-refractivity contribution in [2.75, 3.05) is 6.54 Å².